The van der Waals surface area contributed by atoms with Crippen molar-refractivity contribution < 1.29 is 5.11 Å². The van der Waals surface area contributed by atoms with Crippen LogP contribution in [0.1, 0.15) is 5.56 Å². The van der Waals surface area contributed by atoms with Gasteiger partial charge in [0.1, 0.15) is 6.61 Å². The molecule has 62 valence electrons. The quantitative estimate of drug-likeness (QED) is 0.468. The van der Waals surface area contributed by atoms with Crippen molar-refractivity contribution in [3.8, 4) is 11.8 Å². The van der Waals surface area contributed by atoms with Gasteiger partial charge in [-0.15, -0.1) is 0 Å². The molecule has 0 aliphatic carbocycles. The van der Waals surface area contributed by atoms with E-state index >= 15 is 0 Å². The number of hydrogen-bond acceptors (Lipinski definition) is 2. The van der Waals surface area contributed by atoms with Crippen molar-refractivity contribution in [3.05, 3.63) is 28.8 Å². The molecule has 1 aromatic carbocycles. The molecule has 0 saturated carbocycles. The van der Waals surface area contributed by atoms with Gasteiger partial charge in [-0.1, -0.05) is 23.4 Å². The molecule has 0 bridgehead atoms. The first-order chi connectivity index (χ1) is 5.74. The number of nitrogens with two attached hydrogens (primary N) is 1. The van der Waals surface area contributed by atoms with E-state index in [4.69, 9.17) is 22.4 Å². The third-order valence-corrected chi connectivity index (χ3v) is 1.55. The lowest BCUT2D eigenvalue weighted by molar-refractivity contribution is 0.350. The van der Waals surface area contributed by atoms with Gasteiger partial charge in [0.05, 0.1) is 0 Å². The lowest BCUT2D eigenvalue weighted by atomic mass is 10.2. The average molecular weight is 182 g/mol. The molecule has 0 unspecified atom stereocenters. The van der Waals surface area contributed by atoms with Crippen molar-refractivity contribution in [1.82, 2.24) is 0 Å². The molecule has 1 rings (SSSR count). The van der Waals surface area contributed by atoms with Crippen LogP contribution < -0.4 is 5.73 Å². The summed E-state index contributed by atoms with van der Waals surface area (Å²) in [6.45, 7) is -0.165. The normalized spacial score (nSPS) is 8.83. The van der Waals surface area contributed by atoms with Gasteiger partial charge in [0.25, 0.3) is 0 Å². The van der Waals surface area contributed by atoms with Crippen molar-refractivity contribution in [2.75, 3.05) is 12.3 Å². The second kappa shape index (κ2) is 4.01. The Labute approximate surface area is 76.0 Å². The maximum absolute atomic E-state index is 8.43. The van der Waals surface area contributed by atoms with Crippen LogP contribution in [0, 0.1) is 11.8 Å². The van der Waals surface area contributed by atoms with Gasteiger partial charge < -0.3 is 10.8 Å². The fraction of sp³-hybridized carbons (Fsp3) is 0.111. The standard InChI is InChI=1S/C9H8ClNO/c10-8-4-3-7(2-1-5-12)9(11)6-8/h3-4,6,12H,5,11H2. The number of halogens is 1. The van der Waals surface area contributed by atoms with Gasteiger partial charge >= 0.3 is 0 Å². The third kappa shape index (κ3) is 2.16. The number of anilines is 1. The monoisotopic (exact) mass is 181 g/mol. The number of benzene rings is 1. The molecule has 0 atom stereocenters. The molecule has 0 amide bonds. The topological polar surface area (TPSA) is 46.2 Å². The second-order valence-corrected chi connectivity index (χ2v) is 2.63. The highest BCUT2D eigenvalue weighted by Crippen LogP contribution is 2.16. The molecule has 0 aliphatic rings. The van der Waals surface area contributed by atoms with E-state index in [1.807, 2.05) is 0 Å². The lowest BCUT2D eigenvalue weighted by Gasteiger charge is -1.97. The molecule has 0 fully saturated rings. The molecule has 0 radical (unpaired) electrons. The number of nitrogen functional groups attached to an aromatic ring is 1. The maximum atomic E-state index is 8.43. The van der Waals surface area contributed by atoms with Gasteiger partial charge in [-0.25, -0.2) is 0 Å². The Bertz CT molecular complexity index is 338. The fourth-order valence-electron chi connectivity index (χ4n) is 0.782. The Hall–Kier alpha value is -1.17. The third-order valence-electron chi connectivity index (χ3n) is 1.32. The van der Waals surface area contributed by atoms with E-state index in [9.17, 15) is 0 Å². The summed E-state index contributed by atoms with van der Waals surface area (Å²) < 4.78 is 0. The molecule has 3 N–H and O–H groups in total. The summed E-state index contributed by atoms with van der Waals surface area (Å²) in [6.07, 6.45) is 0. The van der Waals surface area contributed by atoms with Crippen LogP contribution in [-0.4, -0.2) is 11.7 Å². The predicted octanol–water partition coefficient (Wildman–Crippen LogP) is 1.27. The highest BCUT2D eigenvalue weighted by Gasteiger charge is 1.94. The van der Waals surface area contributed by atoms with Gasteiger partial charge in [-0.3, -0.25) is 0 Å². The summed E-state index contributed by atoms with van der Waals surface area (Å²) in [5.74, 6) is 5.21. The SMILES string of the molecule is Nc1cc(Cl)ccc1C#CCO. The fourth-order valence-corrected chi connectivity index (χ4v) is 0.963. The largest absolute Gasteiger partial charge is 0.398 e. The molecule has 0 spiro atoms. The van der Waals surface area contributed by atoms with Gasteiger partial charge in [-0.05, 0) is 18.2 Å². The number of aliphatic hydroxyl groups is 1. The highest BCUT2D eigenvalue weighted by molar-refractivity contribution is 6.30. The van der Waals surface area contributed by atoms with Crippen LogP contribution in [0.25, 0.3) is 0 Å². The Morgan fingerprint density at radius 3 is 2.83 bits per heavy atom. The first-order valence-electron chi connectivity index (χ1n) is 3.39. The van der Waals surface area contributed by atoms with Crippen molar-refractivity contribution in [2.45, 2.75) is 0 Å². The first-order valence-corrected chi connectivity index (χ1v) is 3.76. The average Bonchev–Trinajstić information content (AvgIpc) is 2.03. The maximum Gasteiger partial charge on any atom is 0.104 e. The number of aliphatic hydroxyl groups excluding tert-OH is 1. The summed E-state index contributed by atoms with van der Waals surface area (Å²) in [6, 6.07) is 5.06. The molecular formula is C9H8ClNO. The van der Waals surface area contributed by atoms with Crippen LogP contribution in [-0.2, 0) is 0 Å². The van der Waals surface area contributed by atoms with Crippen molar-refractivity contribution in [3.63, 3.8) is 0 Å². The van der Waals surface area contributed by atoms with E-state index in [0.717, 1.165) is 0 Å². The van der Waals surface area contributed by atoms with Crippen LogP contribution in [0.4, 0.5) is 5.69 Å². The zero-order valence-electron chi connectivity index (χ0n) is 6.34. The Morgan fingerprint density at radius 2 is 2.25 bits per heavy atom. The van der Waals surface area contributed by atoms with Crippen LogP contribution in [0.5, 0.6) is 0 Å². The highest BCUT2D eigenvalue weighted by atomic mass is 35.5. The van der Waals surface area contributed by atoms with E-state index < -0.39 is 0 Å². The minimum atomic E-state index is -0.165. The summed E-state index contributed by atoms with van der Waals surface area (Å²) in [5, 5.41) is 9.02. The van der Waals surface area contributed by atoms with Crippen molar-refractivity contribution in [2.24, 2.45) is 0 Å². The Kier molecular flexibility index (Phi) is 2.98. The molecule has 12 heavy (non-hydrogen) atoms. The number of rotatable bonds is 0. The summed E-state index contributed by atoms with van der Waals surface area (Å²) in [4.78, 5) is 0. The molecule has 2 nitrogen and oxygen atoms in total. The smallest absolute Gasteiger partial charge is 0.104 e. The van der Waals surface area contributed by atoms with E-state index in [-0.39, 0.29) is 6.61 Å². The summed E-state index contributed by atoms with van der Waals surface area (Å²) >= 11 is 5.67. The van der Waals surface area contributed by atoms with Crippen LogP contribution in [0.2, 0.25) is 5.02 Å². The molecule has 1 aromatic rings. The molecule has 0 aromatic heterocycles. The molecule has 0 aliphatic heterocycles. The second-order valence-electron chi connectivity index (χ2n) is 2.19. The minimum absolute atomic E-state index is 0.165. The van der Waals surface area contributed by atoms with Crippen LogP contribution in [0.15, 0.2) is 18.2 Å². The molecule has 0 saturated heterocycles. The van der Waals surface area contributed by atoms with Gasteiger partial charge in [0.2, 0.25) is 0 Å². The van der Waals surface area contributed by atoms with E-state index in [2.05, 4.69) is 11.8 Å². The lowest BCUT2D eigenvalue weighted by Crippen LogP contribution is -1.89. The summed E-state index contributed by atoms with van der Waals surface area (Å²) in [5.41, 5.74) is 6.81. The first kappa shape index (κ1) is 8.92. The zero-order chi connectivity index (χ0) is 8.97. The minimum Gasteiger partial charge on any atom is -0.398 e. The van der Waals surface area contributed by atoms with Gasteiger partial charge in [0.15, 0.2) is 0 Å². The van der Waals surface area contributed by atoms with E-state index in [0.29, 0.717) is 16.3 Å². The summed E-state index contributed by atoms with van der Waals surface area (Å²) in [7, 11) is 0. The van der Waals surface area contributed by atoms with Crippen LogP contribution in [0.3, 0.4) is 0 Å². The van der Waals surface area contributed by atoms with Crippen molar-refractivity contribution in [1.29, 1.82) is 0 Å². The van der Waals surface area contributed by atoms with E-state index in [1.54, 1.807) is 18.2 Å². The Morgan fingerprint density at radius 1 is 1.50 bits per heavy atom. The molecule has 0 heterocycles. The molecular weight excluding hydrogens is 174 g/mol. The Balaban J connectivity index is 3.01. The van der Waals surface area contributed by atoms with E-state index in [1.165, 1.54) is 0 Å². The van der Waals surface area contributed by atoms with Crippen LogP contribution >= 0.6 is 11.6 Å². The predicted molar refractivity (Wildman–Crippen MR) is 49.8 cm³/mol. The zero-order valence-corrected chi connectivity index (χ0v) is 7.10. The number of hydrogen-bond donors (Lipinski definition) is 2. The van der Waals surface area contributed by atoms with Gasteiger partial charge in [-0.2, -0.15) is 0 Å². The van der Waals surface area contributed by atoms with Crippen molar-refractivity contribution >= 4 is 17.3 Å². The van der Waals surface area contributed by atoms with Gasteiger partial charge in [0, 0.05) is 16.3 Å². The molecule has 3 heteroatoms.